The van der Waals surface area contributed by atoms with Gasteiger partial charge in [-0.2, -0.15) is 0 Å². The van der Waals surface area contributed by atoms with Gasteiger partial charge in [-0.1, -0.05) is 19.8 Å². The summed E-state index contributed by atoms with van der Waals surface area (Å²) >= 11 is 2.89. The quantitative estimate of drug-likeness (QED) is 0.805. The van der Waals surface area contributed by atoms with Crippen molar-refractivity contribution < 1.29 is 9.53 Å². The minimum absolute atomic E-state index is 0.136. The molecule has 0 aromatic carbocycles. The van der Waals surface area contributed by atoms with Crippen molar-refractivity contribution in [1.29, 1.82) is 0 Å². The SMILES string of the molecule is CCCCC(Cc1scnc1C(=O)Nc1nccs1)OC. The fourth-order valence-corrected chi connectivity index (χ4v) is 3.33. The number of thiazole rings is 2. The van der Waals surface area contributed by atoms with Gasteiger partial charge in [-0.3, -0.25) is 10.1 Å². The molecule has 0 aliphatic rings. The van der Waals surface area contributed by atoms with Crippen molar-refractivity contribution in [2.45, 2.75) is 38.7 Å². The van der Waals surface area contributed by atoms with Crippen LogP contribution in [0.4, 0.5) is 5.13 Å². The highest BCUT2D eigenvalue weighted by atomic mass is 32.1. The van der Waals surface area contributed by atoms with Gasteiger partial charge in [0.15, 0.2) is 5.13 Å². The third-order valence-corrected chi connectivity index (χ3v) is 4.68. The third-order valence-electron chi connectivity index (χ3n) is 3.13. The minimum Gasteiger partial charge on any atom is -0.381 e. The maximum absolute atomic E-state index is 12.2. The highest BCUT2D eigenvalue weighted by Crippen LogP contribution is 2.21. The first-order valence-electron chi connectivity index (χ1n) is 6.90. The molecular weight excluding hydrogens is 306 g/mol. The van der Waals surface area contributed by atoms with Crippen molar-refractivity contribution in [2.24, 2.45) is 0 Å². The molecule has 2 rings (SSSR count). The van der Waals surface area contributed by atoms with Crippen LogP contribution in [0.1, 0.15) is 41.6 Å². The monoisotopic (exact) mass is 325 g/mol. The van der Waals surface area contributed by atoms with E-state index in [4.69, 9.17) is 4.74 Å². The van der Waals surface area contributed by atoms with Crippen molar-refractivity contribution in [2.75, 3.05) is 12.4 Å². The minimum atomic E-state index is -0.202. The van der Waals surface area contributed by atoms with E-state index in [2.05, 4.69) is 22.2 Å². The van der Waals surface area contributed by atoms with E-state index in [1.807, 2.05) is 5.38 Å². The second-order valence-electron chi connectivity index (χ2n) is 4.62. The molecule has 1 unspecified atom stereocenters. The largest absolute Gasteiger partial charge is 0.381 e. The molecule has 0 aliphatic carbocycles. The Morgan fingerprint density at radius 2 is 2.29 bits per heavy atom. The number of carbonyl (C=O) groups excluding carboxylic acids is 1. The number of methoxy groups -OCH3 is 1. The van der Waals surface area contributed by atoms with Crippen LogP contribution < -0.4 is 5.32 Å². The molecule has 7 heteroatoms. The smallest absolute Gasteiger partial charge is 0.277 e. The molecule has 114 valence electrons. The van der Waals surface area contributed by atoms with Gasteiger partial charge in [0, 0.05) is 30.0 Å². The molecule has 5 nitrogen and oxygen atoms in total. The number of unbranched alkanes of at least 4 members (excludes halogenated alkanes) is 1. The number of carbonyl (C=O) groups is 1. The van der Waals surface area contributed by atoms with Gasteiger partial charge in [-0.25, -0.2) is 9.97 Å². The van der Waals surface area contributed by atoms with Gasteiger partial charge >= 0.3 is 0 Å². The summed E-state index contributed by atoms with van der Waals surface area (Å²) in [6.45, 7) is 2.16. The van der Waals surface area contributed by atoms with Crippen LogP contribution in [0, 0.1) is 0 Å². The number of nitrogens with zero attached hydrogens (tertiary/aromatic N) is 2. The number of rotatable bonds is 8. The van der Waals surface area contributed by atoms with Crippen molar-refractivity contribution in [3.05, 3.63) is 27.7 Å². The Kier molecular flexibility index (Phi) is 6.28. The zero-order chi connectivity index (χ0) is 15.1. The summed E-state index contributed by atoms with van der Waals surface area (Å²) in [6.07, 6.45) is 5.78. The molecule has 1 amide bonds. The number of anilines is 1. The van der Waals surface area contributed by atoms with Crippen molar-refractivity contribution >= 4 is 33.7 Å². The second kappa shape index (κ2) is 8.21. The molecule has 0 radical (unpaired) electrons. The lowest BCUT2D eigenvalue weighted by Gasteiger charge is -2.14. The van der Waals surface area contributed by atoms with E-state index in [0.29, 0.717) is 10.8 Å². The first-order valence-corrected chi connectivity index (χ1v) is 8.66. The lowest BCUT2D eigenvalue weighted by atomic mass is 10.1. The molecule has 1 atom stereocenters. The van der Waals surface area contributed by atoms with Gasteiger partial charge in [0.05, 0.1) is 11.6 Å². The number of hydrogen-bond donors (Lipinski definition) is 1. The van der Waals surface area contributed by atoms with Gasteiger partial charge in [0.1, 0.15) is 5.69 Å². The maximum Gasteiger partial charge on any atom is 0.277 e. The number of hydrogen-bond acceptors (Lipinski definition) is 6. The summed E-state index contributed by atoms with van der Waals surface area (Å²) in [4.78, 5) is 21.4. The fourth-order valence-electron chi connectivity index (χ4n) is 1.98. The van der Waals surface area contributed by atoms with E-state index >= 15 is 0 Å². The summed E-state index contributed by atoms with van der Waals surface area (Å²) in [6, 6.07) is 0. The van der Waals surface area contributed by atoms with Gasteiger partial charge < -0.3 is 4.74 Å². The topological polar surface area (TPSA) is 64.1 Å². The van der Waals surface area contributed by atoms with Crippen LogP contribution >= 0.6 is 22.7 Å². The second-order valence-corrected chi connectivity index (χ2v) is 6.45. The summed E-state index contributed by atoms with van der Waals surface area (Å²) in [7, 11) is 1.72. The van der Waals surface area contributed by atoms with Gasteiger partial charge in [0.2, 0.25) is 0 Å². The first-order chi connectivity index (χ1) is 10.2. The van der Waals surface area contributed by atoms with Crippen molar-refractivity contribution in [1.82, 2.24) is 9.97 Å². The zero-order valence-corrected chi connectivity index (χ0v) is 13.8. The van der Waals surface area contributed by atoms with E-state index in [9.17, 15) is 4.79 Å². The zero-order valence-electron chi connectivity index (χ0n) is 12.2. The maximum atomic E-state index is 12.2. The Labute approximate surface area is 132 Å². The predicted octanol–water partition coefficient (Wildman–Crippen LogP) is 3.60. The number of ether oxygens (including phenoxy) is 1. The van der Waals surface area contributed by atoms with Crippen LogP contribution in [0.15, 0.2) is 17.1 Å². The third kappa shape index (κ3) is 4.59. The van der Waals surface area contributed by atoms with Crippen LogP contribution in [0.5, 0.6) is 0 Å². The molecule has 0 aliphatic heterocycles. The Morgan fingerprint density at radius 1 is 1.43 bits per heavy atom. The van der Waals surface area contributed by atoms with E-state index < -0.39 is 0 Å². The van der Waals surface area contributed by atoms with E-state index in [0.717, 1.165) is 30.6 Å². The first kappa shape index (κ1) is 16.1. The Hall–Kier alpha value is -1.31. The summed E-state index contributed by atoms with van der Waals surface area (Å²) < 4.78 is 5.50. The number of nitrogens with one attached hydrogen (secondary N) is 1. The number of amides is 1. The molecule has 2 aromatic rings. The van der Waals surface area contributed by atoms with Crippen LogP contribution in [0.3, 0.4) is 0 Å². The van der Waals surface area contributed by atoms with Crippen LogP contribution in [-0.4, -0.2) is 29.1 Å². The van der Waals surface area contributed by atoms with Crippen LogP contribution in [0.25, 0.3) is 0 Å². The lowest BCUT2D eigenvalue weighted by Crippen LogP contribution is -2.18. The summed E-state index contributed by atoms with van der Waals surface area (Å²) in [5.41, 5.74) is 2.19. The molecule has 0 fully saturated rings. The normalized spacial score (nSPS) is 12.3. The summed E-state index contributed by atoms with van der Waals surface area (Å²) in [5, 5.41) is 5.18. The standard InChI is InChI=1S/C14H19N3O2S2/c1-3-4-5-10(19-2)8-11-12(16-9-21-11)13(18)17-14-15-6-7-20-14/h6-7,9-10H,3-5,8H2,1-2H3,(H,15,17,18). The van der Waals surface area contributed by atoms with E-state index in [1.54, 1.807) is 18.8 Å². The highest BCUT2D eigenvalue weighted by Gasteiger charge is 2.19. The molecule has 1 N–H and O–H groups in total. The van der Waals surface area contributed by atoms with Gasteiger partial charge in [0.25, 0.3) is 5.91 Å². The molecule has 0 saturated carbocycles. The van der Waals surface area contributed by atoms with Crippen LogP contribution in [-0.2, 0) is 11.2 Å². The molecule has 0 spiro atoms. The summed E-state index contributed by atoms with van der Waals surface area (Å²) in [5.74, 6) is -0.202. The molecule has 2 aromatic heterocycles. The number of aromatic nitrogens is 2. The molecule has 2 heterocycles. The fraction of sp³-hybridized carbons (Fsp3) is 0.500. The van der Waals surface area contributed by atoms with E-state index in [-0.39, 0.29) is 12.0 Å². The lowest BCUT2D eigenvalue weighted by molar-refractivity contribution is 0.0932. The van der Waals surface area contributed by atoms with Gasteiger partial charge in [-0.15, -0.1) is 22.7 Å². The predicted molar refractivity (Wildman–Crippen MR) is 86.2 cm³/mol. The van der Waals surface area contributed by atoms with Gasteiger partial charge in [-0.05, 0) is 6.42 Å². The average Bonchev–Trinajstić information content (AvgIpc) is 3.14. The Bertz CT molecular complexity index is 554. The highest BCUT2D eigenvalue weighted by molar-refractivity contribution is 7.13. The molecule has 0 bridgehead atoms. The Morgan fingerprint density at radius 3 is 2.95 bits per heavy atom. The van der Waals surface area contributed by atoms with Crippen molar-refractivity contribution in [3.8, 4) is 0 Å². The molecular formula is C14H19N3O2S2. The Balaban J connectivity index is 2.01. The van der Waals surface area contributed by atoms with E-state index in [1.165, 1.54) is 22.7 Å². The molecule has 0 saturated heterocycles. The molecule has 21 heavy (non-hydrogen) atoms. The average molecular weight is 325 g/mol. The van der Waals surface area contributed by atoms with Crippen molar-refractivity contribution in [3.63, 3.8) is 0 Å². The van der Waals surface area contributed by atoms with Crippen LogP contribution in [0.2, 0.25) is 0 Å².